The first-order valence-electron chi connectivity index (χ1n) is 6.68. The first-order valence-corrected chi connectivity index (χ1v) is 7.43. The number of hydrogen-bond acceptors (Lipinski definition) is 3. The molecule has 0 aromatic heterocycles. The molecule has 0 spiro atoms. The second-order valence-corrected chi connectivity index (χ2v) is 5.51. The Hall–Kier alpha value is -1.46. The van der Waals surface area contributed by atoms with Crippen LogP contribution in [0.4, 0.5) is 0 Å². The maximum absolute atomic E-state index is 12.2. The lowest BCUT2D eigenvalue weighted by Crippen LogP contribution is -2.57. The van der Waals surface area contributed by atoms with Crippen LogP contribution in [0.25, 0.3) is 0 Å². The number of rotatable bonds is 4. The normalized spacial score (nSPS) is 18.3. The summed E-state index contributed by atoms with van der Waals surface area (Å²) in [5.74, 6) is -0.0161. The van der Waals surface area contributed by atoms with Gasteiger partial charge in [0.25, 0.3) is 5.91 Å². The molecule has 5 nitrogen and oxygen atoms in total. The van der Waals surface area contributed by atoms with Crippen LogP contribution in [0.3, 0.4) is 0 Å². The lowest BCUT2D eigenvalue weighted by atomic mass is 10.1. The summed E-state index contributed by atoms with van der Waals surface area (Å²) in [6, 6.07) is 4.36. The summed E-state index contributed by atoms with van der Waals surface area (Å²) in [6.45, 7) is 2.63. The Morgan fingerprint density at radius 3 is 2.95 bits per heavy atom. The monoisotopic (exact) mass is 330 g/mol. The predicted octanol–water partition coefficient (Wildman–Crippen LogP) is 2.11. The zero-order valence-electron chi connectivity index (χ0n) is 11.6. The summed E-state index contributed by atoms with van der Waals surface area (Å²) in [5, 5.41) is 3.61. The van der Waals surface area contributed by atoms with Crippen LogP contribution in [0.2, 0.25) is 10.0 Å². The van der Waals surface area contributed by atoms with Gasteiger partial charge in [-0.15, -0.1) is 0 Å². The molecule has 1 heterocycles. The quantitative estimate of drug-likeness (QED) is 0.919. The van der Waals surface area contributed by atoms with Gasteiger partial charge in [-0.05, 0) is 18.6 Å². The van der Waals surface area contributed by atoms with Gasteiger partial charge >= 0.3 is 0 Å². The highest BCUT2D eigenvalue weighted by molar-refractivity contribution is 6.34. The third-order valence-corrected chi connectivity index (χ3v) is 3.83. The average molecular weight is 331 g/mol. The van der Waals surface area contributed by atoms with Gasteiger partial charge < -0.3 is 15.0 Å². The van der Waals surface area contributed by atoms with Crippen molar-refractivity contribution in [2.45, 2.75) is 19.4 Å². The van der Waals surface area contributed by atoms with Crippen LogP contribution >= 0.6 is 23.2 Å². The number of halogens is 2. The lowest BCUT2D eigenvalue weighted by molar-refractivity contribution is -0.144. The molecule has 1 N–H and O–H groups in total. The van der Waals surface area contributed by atoms with Gasteiger partial charge in [0.05, 0.1) is 5.02 Å². The minimum Gasteiger partial charge on any atom is -0.482 e. The molecule has 0 aliphatic carbocycles. The van der Waals surface area contributed by atoms with Crippen LogP contribution in [0.1, 0.15) is 13.3 Å². The van der Waals surface area contributed by atoms with Gasteiger partial charge in [0, 0.05) is 24.2 Å². The third kappa shape index (κ3) is 3.80. The third-order valence-electron chi connectivity index (χ3n) is 3.28. The highest BCUT2D eigenvalue weighted by Crippen LogP contribution is 2.27. The Labute approximate surface area is 133 Å². The number of nitrogens with zero attached hydrogens (tertiary/aromatic N) is 1. The molecule has 1 aliphatic heterocycles. The highest BCUT2D eigenvalue weighted by atomic mass is 35.5. The Bertz CT molecular complexity index is 551. The van der Waals surface area contributed by atoms with E-state index in [4.69, 9.17) is 27.9 Å². The predicted molar refractivity (Wildman–Crippen MR) is 80.8 cm³/mol. The van der Waals surface area contributed by atoms with E-state index >= 15 is 0 Å². The van der Waals surface area contributed by atoms with Gasteiger partial charge in [0.1, 0.15) is 11.8 Å². The molecule has 1 fully saturated rings. The van der Waals surface area contributed by atoms with Crippen molar-refractivity contribution in [3.8, 4) is 5.75 Å². The van der Waals surface area contributed by atoms with Crippen LogP contribution < -0.4 is 10.1 Å². The fraction of sp³-hybridized carbons (Fsp3) is 0.429. The molecular formula is C14H16Cl2N2O3. The molecule has 2 rings (SSSR count). The zero-order valence-corrected chi connectivity index (χ0v) is 13.1. The molecule has 1 saturated heterocycles. The maximum Gasteiger partial charge on any atom is 0.261 e. The molecule has 0 saturated carbocycles. The first-order chi connectivity index (χ1) is 10.0. The van der Waals surface area contributed by atoms with Crippen molar-refractivity contribution in [2.75, 3.05) is 19.7 Å². The number of carbonyl (C=O) groups excluding carboxylic acids is 2. The Balaban J connectivity index is 2.00. The first kappa shape index (κ1) is 15.9. The van der Waals surface area contributed by atoms with Gasteiger partial charge in [-0.1, -0.05) is 30.1 Å². The van der Waals surface area contributed by atoms with E-state index in [0.29, 0.717) is 35.3 Å². The Morgan fingerprint density at radius 1 is 1.48 bits per heavy atom. The van der Waals surface area contributed by atoms with Crippen molar-refractivity contribution in [1.82, 2.24) is 10.2 Å². The molecule has 1 aromatic carbocycles. The summed E-state index contributed by atoms with van der Waals surface area (Å²) < 4.78 is 5.42. The van der Waals surface area contributed by atoms with Crippen LogP contribution in [0, 0.1) is 0 Å². The number of carbonyl (C=O) groups is 2. The summed E-state index contributed by atoms with van der Waals surface area (Å²) in [5.41, 5.74) is 0. The molecule has 1 aromatic rings. The number of benzene rings is 1. The molecule has 0 bridgehead atoms. The van der Waals surface area contributed by atoms with Gasteiger partial charge in [-0.2, -0.15) is 0 Å². The Kier molecular flexibility index (Phi) is 5.31. The minimum absolute atomic E-state index is 0.127. The van der Waals surface area contributed by atoms with Gasteiger partial charge in [0.2, 0.25) is 5.91 Å². The van der Waals surface area contributed by atoms with Crippen molar-refractivity contribution >= 4 is 35.0 Å². The number of ether oxygens (including phenoxy) is 1. The number of piperazine rings is 1. The van der Waals surface area contributed by atoms with Gasteiger partial charge in [-0.25, -0.2) is 0 Å². The minimum atomic E-state index is -0.440. The largest absolute Gasteiger partial charge is 0.482 e. The highest BCUT2D eigenvalue weighted by Gasteiger charge is 2.31. The number of amides is 2. The van der Waals surface area contributed by atoms with E-state index in [1.54, 1.807) is 18.2 Å². The van der Waals surface area contributed by atoms with E-state index in [9.17, 15) is 9.59 Å². The van der Waals surface area contributed by atoms with Crippen LogP contribution in [0.5, 0.6) is 5.75 Å². The van der Waals surface area contributed by atoms with E-state index in [-0.39, 0.29) is 18.4 Å². The van der Waals surface area contributed by atoms with E-state index in [1.165, 1.54) is 4.90 Å². The number of nitrogens with one attached hydrogen (secondary N) is 1. The maximum atomic E-state index is 12.2. The van der Waals surface area contributed by atoms with E-state index in [1.807, 2.05) is 6.92 Å². The van der Waals surface area contributed by atoms with E-state index in [0.717, 1.165) is 0 Å². The molecule has 2 amide bonds. The molecule has 1 atom stereocenters. The summed E-state index contributed by atoms with van der Waals surface area (Å²) in [6.07, 6.45) is 0.565. The topological polar surface area (TPSA) is 58.6 Å². The fourth-order valence-electron chi connectivity index (χ4n) is 2.23. The molecule has 1 unspecified atom stereocenters. The van der Waals surface area contributed by atoms with Crippen LogP contribution in [-0.4, -0.2) is 42.5 Å². The number of hydrogen-bond donors (Lipinski definition) is 1. The molecule has 1 aliphatic rings. The van der Waals surface area contributed by atoms with Crippen LogP contribution in [0.15, 0.2) is 18.2 Å². The van der Waals surface area contributed by atoms with Crippen molar-refractivity contribution in [3.63, 3.8) is 0 Å². The SMILES string of the molecule is CCC1C(=O)NCCN1C(=O)COc1cc(Cl)ccc1Cl. The molecule has 7 heteroatoms. The molecule has 21 heavy (non-hydrogen) atoms. The van der Waals surface area contributed by atoms with E-state index < -0.39 is 6.04 Å². The second kappa shape index (κ2) is 7.00. The fourth-order valence-corrected chi connectivity index (χ4v) is 2.56. The molecule has 114 valence electrons. The van der Waals surface area contributed by atoms with Crippen molar-refractivity contribution < 1.29 is 14.3 Å². The summed E-state index contributed by atoms with van der Waals surface area (Å²) >= 11 is 11.8. The smallest absolute Gasteiger partial charge is 0.261 e. The average Bonchev–Trinajstić information content (AvgIpc) is 2.47. The lowest BCUT2D eigenvalue weighted by Gasteiger charge is -2.34. The summed E-state index contributed by atoms with van der Waals surface area (Å²) in [4.78, 5) is 25.5. The van der Waals surface area contributed by atoms with Crippen molar-refractivity contribution in [2.24, 2.45) is 0 Å². The summed E-state index contributed by atoms with van der Waals surface area (Å²) in [7, 11) is 0. The van der Waals surface area contributed by atoms with Gasteiger partial charge in [-0.3, -0.25) is 9.59 Å². The van der Waals surface area contributed by atoms with Crippen LogP contribution in [-0.2, 0) is 9.59 Å². The van der Waals surface area contributed by atoms with Crippen molar-refractivity contribution in [3.05, 3.63) is 28.2 Å². The van der Waals surface area contributed by atoms with E-state index in [2.05, 4.69) is 5.32 Å². The zero-order chi connectivity index (χ0) is 15.4. The second-order valence-electron chi connectivity index (χ2n) is 4.67. The molecule has 0 radical (unpaired) electrons. The Morgan fingerprint density at radius 2 is 2.24 bits per heavy atom. The van der Waals surface area contributed by atoms with Crippen molar-refractivity contribution in [1.29, 1.82) is 0 Å². The molecular weight excluding hydrogens is 315 g/mol. The standard InChI is InChI=1S/C14H16Cl2N2O3/c1-2-11-14(20)17-5-6-18(11)13(19)8-21-12-7-9(15)3-4-10(12)16/h3-4,7,11H,2,5-6,8H2,1H3,(H,17,20). The van der Waals surface area contributed by atoms with Gasteiger partial charge in [0.15, 0.2) is 6.61 Å².